The number of benzene rings is 1. The van der Waals surface area contributed by atoms with Crippen molar-refractivity contribution in [3.05, 3.63) is 35.9 Å². The summed E-state index contributed by atoms with van der Waals surface area (Å²) >= 11 is 0. The molecule has 2 nitrogen and oxygen atoms in total. The molecule has 0 bridgehead atoms. The molecule has 1 aromatic carbocycles. The summed E-state index contributed by atoms with van der Waals surface area (Å²) in [7, 11) is 4.27. The normalized spacial score (nSPS) is 12.9. The fourth-order valence-corrected chi connectivity index (χ4v) is 2.12. The first-order valence-corrected chi connectivity index (χ1v) is 7.14. The third-order valence-electron chi connectivity index (χ3n) is 3.28. The quantitative estimate of drug-likeness (QED) is 0.676. The smallest absolute Gasteiger partial charge is 0.0105 e. The van der Waals surface area contributed by atoms with Gasteiger partial charge in [-0.3, -0.25) is 0 Å². The first-order chi connectivity index (χ1) is 8.72. The Labute approximate surface area is 112 Å². The monoisotopic (exact) mass is 248 g/mol. The van der Waals surface area contributed by atoms with E-state index in [1.165, 1.54) is 31.4 Å². The third-order valence-corrected chi connectivity index (χ3v) is 3.28. The summed E-state index contributed by atoms with van der Waals surface area (Å²) in [4.78, 5) is 2.25. The summed E-state index contributed by atoms with van der Waals surface area (Å²) in [5, 5.41) is 3.67. The molecule has 0 amide bonds. The summed E-state index contributed by atoms with van der Waals surface area (Å²) < 4.78 is 0. The molecule has 1 unspecified atom stereocenters. The largest absolute Gasteiger partial charge is 0.314 e. The lowest BCUT2D eigenvalue weighted by Crippen LogP contribution is -2.31. The summed E-state index contributed by atoms with van der Waals surface area (Å²) in [5.41, 5.74) is 1.44. The van der Waals surface area contributed by atoms with Gasteiger partial charge in [0.1, 0.15) is 0 Å². The van der Waals surface area contributed by atoms with Crippen molar-refractivity contribution in [2.24, 2.45) is 0 Å². The Hall–Kier alpha value is -0.860. The number of nitrogens with zero attached hydrogens (tertiary/aromatic N) is 1. The highest BCUT2D eigenvalue weighted by Crippen LogP contribution is 2.05. The lowest BCUT2D eigenvalue weighted by molar-refractivity contribution is 0.386. The molecule has 1 atom stereocenters. The maximum Gasteiger partial charge on any atom is 0.0105 e. The van der Waals surface area contributed by atoms with Crippen molar-refractivity contribution in [1.29, 1.82) is 0 Å². The first-order valence-electron chi connectivity index (χ1n) is 7.14. The van der Waals surface area contributed by atoms with E-state index in [4.69, 9.17) is 0 Å². The van der Waals surface area contributed by atoms with E-state index in [0.29, 0.717) is 6.04 Å². The molecule has 0 spiro atoms. The molecule has 0 saturated carbocycles. The fourth-order valence-electron chi connectivity index (χ4n) is 2.12. The van der Waals surface area contributed by atoms with Crippen LogP contribution < -0.4 is 5.32 Å². The van der Waals surface area contributed by atoms with Crippen LogP contribution in [0.2, 0.25) is 0 Å². The zero-order valence-corrected chi connectivity index (χ0v) is 12.2. The van der Waals surface area contributed by atoms with E-state index in [-0.39, 0.29) is 0 Å². The van der Waals surface area contributed by atoms with Crippen molar-refractivity contribution >= 4 is 0 Å². The molecule has 0 aromatic heterocycles. The van der Waals surface area contributed by atoms with Gasteiger partial charge in [-0.15, -0.1) is 0 Å². The van der Waals surface area contributed by atoms with Crippen molar-refractivity contribution in [3.63, 3.8) is 0 Å². The number of unbranched alkanes of at least 4 members (excludes halogenated alkanes) is 1. The Morgan fingerprint density at radius 3 is 2.44 bits per heavy atom. The lowest BCUT2D eigenvalue weighted by atomic mass is 10.0. The second-order valence-corrected chi connectivity index (χ2v) is 5.26. The van der Waals surface area contributed by atoms with Crippen LogP contribution in [0, 0.1) is 0 Å². The molecule has 2 heteroatoms. The lowest BCUT2D eigenvalue weighted by Gasteiger charge is -2.17. The van der Waals surface area contributed by atoms with Gasteiger partial charge in [0.15, 0.2) is 0 Å². The first kappa shape index (κ1) is 15.2. The van der Waals surface area contributed by atoms with Crippen molar-refractivity contribution in [3.8, 4) is 0 Å². The van der Waals surface area contributed by atoms with E-state index in [1.54, 1.807) is 0 Å². The highest BCUT2D eigenvalue weighted by Gasteiger charge is 2.05. The van der Waals surface area contributed by atoms with Crippen LogP contribution in [-0.4, -0.2) is 38.1 Å². The molecule has 0 radical (unpaired) electrons. The van der Waals surface area contributed by atoms with Crippen LogP contribution in [0.1, 0.15) is 31.7 Å². The predicted octanol–water partition coefficient (Wildman–Crippen LogP) is 2.94. The second-order valence-electron chi connectivity index (χ2n) is 5.26. The van der Waals surface area contributed by atoms with Crippen LogP contribution in [0.4, 0.5) is 0 Å². The van der Waals surface area contributed by atoms with Gasteiger partial charge >= 0.3 is 0 Å². The molecular weight excluding hydrogens is 220 g/mol. The number of hydrogen-bond acceptors (Lipinski definition) is 2. The zero-order chi connectivity index (χ0) is 13.2. The molecule has 0 heterocycles. The van der Waals surface area contributed by atoms with Gasteiger partial charge in [0.05, 0.1) is 0 Å². The van der Waals surface area contributed by atoms with Crippen LogP contribution in [0.5, 0.6) is 0 Å². The molecule has 0 aliphatic heterocycles. The van der Waals surface area contributed by atoms with E-state index in [1.807, 2.05) is 0 Å². The van der Waals surface area contributed by atoms with Crippen molar-refractivity contribution in [1.82, 2.24) is 10.2 Å². The highest BCUT2D eigenvalue weighted by molar-refractivity contribution is 5.15. The Balaban J connectivity index is 2.18. The van der Waals surface area contributed by atoms with Gasteiger partial charge in [0.25, 0.3) is 0 Å². The molecular formula is C16H28N2. The molecule has 0 aliphatic carbocycles. The average molecular weight is 248 g/mol. The Morgan fingerprint density at radius 1 is 1.11 bits per heavy atom. The van der Waals surface area contributed by atoms with Gasteiger partial charge in [-0.25, -0.2) is 0 Å². The zero-order valence-electron chi connectivity index (χ0n) is 12.2. The number of rotatable bonds is 9. The minimum Gasteiger partial charge on any atom is -0.314 e. The Kier molecular flexibility index (Phi) is 7.70. The molecule has 1 N–H and O–H groups in total. The van der Waals surface area contributed by atoms with E-state index in [2.05, 4.69) is 61.6 Å². The van der Waals surface area contributed by atoms with E-state index >= 15 is 0 Å². The summed E-state index contributed by atoms with van der Waals surface area (Å²) in [6.07, 6.45) is 4.89. The second kappa shape index (κ2) is 9.12. The topological polar surface area (TPSA) is 15.3 Å². The van der Waals surface area contributed by atoms with Crippen LogP contribution in [0.25, 0.3) is 0 Å². The van der Waals surface area contributed by atoms with Crippen molar-refractivity contribution in [2.45, 2.75) is 38.6 Å². The van der Waals surface area contributed by atoms with Crippen LogP contribution in [0.3, 0.4) is 0 Å². The average Bonchev–Trinajstić information content (AvgIpc) is 2.38. The van der Waals surface area contributed by atoms with Crippen LogP contribution in [0.15, 0.2) is 30.3 Å². The van der Waals surface area contributed by atoms with Gasteiger partial charge in [0, 0.05) is 6.04 Å². The maximum atomic E-state index is 3.67. The molecule has 1 aromatic rings. The van der Waals surface area contributed by atoms with E-state index in [9.17, 15) is 0 Å². The number of nitrogens with one attached hydrogen (secondary N) is 1. The molecule has 0 fully saturated rings. The van der Waals surface area contributed by atoms with Gasteiger partial charge in [-0.2, -0.15) is 0 Å². The van der Waals surface area contributed by atoms with E-state index < -0.39 is 0 Å². The summed E-state index contributed by atoms with van der Waals surface area (Å²) in [6, 6.07) is 11.4. The predicted molar refractivity (Wildman–Crippen MR) is 80.0 cm³/mol. The summed E-state index contributed by atoms with van der Waals surface area (Å²) in [5.74, 6) is 0. The van der Waals surface area contributed by atoms with Crippen LogP contribution in [-0.2, 0) is 6.42 Å². The SMILES string of the molecule is CCC(Cc1ccccc1)NCCCCN(C)C. The fraction of sp³-hybridized carbons (Fsp3) is 0.625. The standard InChI is InChI=1S/C16H28N2/c1-4-16(14-15-10-6-5-7-11-15)17-12-8-9-13-18(2)3/h5-7,10-11,16-17H,4,8-9,12-14H2,1-3H3. The van der Waals surface area contributed by atoms with E-state index in [0.717, 1.165) is 13.0 Å². The van der Waals surface area contributed by atoms with Crippen LogP contribution >= 0.6 is 0 Å². The van der Waals surface area contributed by atoms with Crippen molar-refractivity contribution in [2.75, 3.05) is 27.2 Å². The van der Waals surface area contributed by atoms with Gasteiger partial charge in [-0.05, 0) is 58.4 Å². The molecule has 0 saturated heterocycles. The minimum atomic E-state index is 0.617. The van der Waals surface area contributed by atoms with Gasteiger partial charge in [-0.1, -0.05) is 37.3 Å². The third kappa shape index (κ3) is 6.77. The molecule has 0 aliphatic rings. The molecule has 102 valence electrons. The number of hydrogen-bond donors (Lipinski definition) is 1. The highest BCUT2D eigenvalue weighted by atomic mass is 15.0. The van der Waals surface area contributed by atoms with Gasteiger partial charge < -0.3 is 10.2 Å². The molecule has 18 heavy (non-hydrogen) atoms. The minimum absolute atomic E-state index is 0.617. The van der Waals surface area contributed by atoms with Crippen molar-refractivity contribution < 1.29 is 0 Å². The summed E-state index contributed by atoms with van der Waals surface area (Å²) in [6.45, 7) is 4.59. The maximum absolute atomic E-state index is 3.67. The Bertz CT molecular complexity index is 295. The van der Waals surface area contributed by atoms with Gasteiger partial charge in [0.2, 0.25) is 0 Å². The molecule has 1 rings (SSSR count). The Morgan fingerprint density at radius 2 is 1.83 bits per heavy atom.